The summed E-state index contributed by atoms with van der Waals surface area (Å²) in [4.78, 5) is 9.75. The minimum atomic E-state index is 0.679. The van der Waals surface area contributed by atoms with Gasteiger partial charge in [0.1, 0.15) is 0 Å². The number of aliphatic imine (C=N–C) groups is 1. The van der Waals surface area contributed by atoms with E-state index in [9.17, 15) is 0 Å². The van der Waals surface area contributed by atoms with Crippen molar-refractivity contribution in [1.29, 1.82) is 0 Å². The van der Waals surface area contributed by atoms with Gasteiger partial charge in [0.15, 0.2) is 5.96 Å². The van der Waals surface area contributed by atoms with Crippen LogP contribution in [-0.4, -0.2) is 55.5 Å². The Balaban J connectivity index is 1.51. The number of aryl methyl sites for hydroxylation is 1. The van der Waals surface area contributed by atoms with Crippen molar-refractivity contribution in [2.24, 2.45) is 4.99 Å². The van der Waals surface area contributed by atoms with Crippen LogP contribution in [0.3, 0.4) is 0 Å². The average Bonchev–Trinajstić information content (AvgIpc) is 2.96. The Morgan fingerprint density at radius 2 is 1.57 bits per heavy atom. The number of nitrogens with one attached hydrogen (secondary N) is 2. The first-order chi connectivity index (χ1) is 14.6. The van der Waals surface area contributed by atoms with Crippen LogP contribution >= 0.6 is 0 Å². The summed E-state index contributed by atoms with van der Waals surface area (Å²) in [6.07, 6.45) is 1.26. The van der Waals surface area contributed by atoms with E-state index in [1.807, 2.05) is 0 Å². The molecule has 30 heavy (non-hydrogen) atoms. The van der Waals surface area contributed by atoms with E-state index in [1.54, 1.807) is 0 Å². The Bertz CT molecular complexity index is 782. The monoisotopic (exact) mass is 407 g/mol. The molecule has 0 aliphatic carbocycles. The van der Waals surface area contributed by atoms with E-state index in [0.29, 0.717) is 6.54 Å². The highest BCUT2D eigenvalue weighted by atomic mass is 15.2. The molecule has 5 nitrogen and oxygen atoms in total. The zero-order valence-corrected chi connectivity index (χ0v) is 18.8. The van der Waals surface area contributed by atoms with Gasteiger partial charge in [-0.05, 0) is 57.1 Å². The summed E-state index contributed by atoms with van der Waals surface area (Å²) in [7, 11) is 2.22. The van der Waals surface area contributed by atoms with Gasteiger partial charge in [0.2, 0.25) is 0 Å². The predicted octanol–water partition coefficient (Wildman–Crippen LogP) is 3.39. The lowest BCUT2D eigenvalue weighted by atomic mass is 10.1. The molecule has 0 aromatic heterocycles. The van der Waals surface area contributed by atoms with E-state index >= 15 is 0 Å². The molecule has 0 amide bonds. The molecule has 2 aromatic carbocycles. The number of hydrogen-bond acceptors (Lipinski definition) is 3. The zero-order chi connectivity index (χ0) is 21.2. The molecular formula is C25H37N5. The van der Waals surface area contributed by atoms with Crippen LogP contribution in [0, 0.1) is 6.92 Å². The first-order valence-electron chi connectivity index (χ1n) is 11.2. The summed E-state index contributed by atoms with van der Waals surface area (Å²) in [6, 6.07) is 17.6. The Hall–Kier alpha value is -2.37. The largest absolute Gasteiger partial charge is 0.357 e. The second kappa shape index (κ2) is 11.7. The van der Waals surface area contributed by atoms with E-state index in [1.165, 1.54) is 41.8 Å². The van der Waals surface area contributed by atoms with Crippen LogP contribution in [0.2, 0.25) is 0 Å². The fourth-order valence-electron chi connectivity index (χ4n) is 3.67. The van der Waals surface area contributed by atoms with Crippen LogP contribution in [0.1, 0.15) is 35.6 Å². The fourth-order valence-corrected chi connectivity index (χ4v) is 3.67. The molecular weight excluding hydrogens is 370 g/mol. The topological polar surface area (TPSA) is 42.9 Å². The van der Waals surface area contributed by atoms with Crippen molar-refractivity contribution in [2.75, 3.05) is 39.8 Å². The van der Waals surface area contributed by atoms with Gasteiger partial charge >= 0.3 is 0 Å². The third kappa shape index (κ3) is 7.47. The second-order valence-electron chi connectivity index (χ2n) is 8.28. The molecule has 1 saturated heterocycles. The molecule has 2 aromatic rings. The number of benzene rings is 2. The van der Waals surface area contributed by atoms with Gasteiger partial charge in [-0.25, -0.2) is 4.99 Å². The third-order valence-electron chi connectivity index (χ3n) is 5.59. The van der Waals surface area contributed by atoms with Crippen molar-refractivity contribution < 1.29 is 0 Å². The van der Waals surface area contributed by atoms with Crippen LogP contribution in [0.15, 0.2) is 53.5 Å². The number of rotatable bonds is 7. The maximum absolute atomic E-state index is 4.76. The van der Waals surface area contributed by atoms with Crippen molar-refractivity contribution >= 4 is 5.96 Å². The highest BCUT2D eigenvalue weighted by Gasteiger charge is 2.12. The standard InChI is InChI=1S/C25H37N5/c1-4-26-25(27-18-22-8-6-21(2)7-9-22)28-19-23-10-12-24(13-11-23)20-30-15-5-14-29(3)16-17-30/h6-13H,4-5,14-20H2,1-3H3,(H2,26,27,28). The summed E-state index contributed by atoms with van der Waals surface area (Å²) < 4.78 is 0. The lowest BCUT2D eigenvalue weighted by Gasteiger charge is -2.20. The number of hydrogen-bond donors (Lipinski definition) is 2. The smallest absolute Gasteiger partial charge is 0.191 e. The quantitative estimate of drug-likeness (QED) is 0.545. The molecule has 3 rings (SSSR count). The molecule has 162 valence electrons. The highest BCUT2D eigenvalue weighted by molar-refractivity contribution is 5.79. The van der Waals surface area contributed by atoms with Crippen molar-refractivity contribution in [2.45, 2.75) is 39.9 Å². The zero-order valence-electron chi connectivity index (χ0n) is 18.8. The SMILES string of the molecule is CCNC(=NCc1ccc(CN2CCCN(C)CC2)cc1)NCc1ccc(C)cc1. The van der Waals surface area contributed by atoms with Crippen LogP contribution in [0.25, 0.3) is 0 Å². The van der Waals surface area contributed by atoms with Gasteiger partial charge < -0.3 is 15.5 Å². The molecule has 0 saturated carbocycles. The molecule has 0 atom stereocenters. The Morgan fingerprint density at radius 3 is 2.30 bits per heavy atom. The summed E-state index contributed by atoms with van der Waals surface area (Å²) in [5.41, 5.74) is 5.17. The van der Waals surface area contributed by atoms with Gasteiger partial charge in [-0.3, -0.25) is 4.90 Å². The molecule has 0 radical (unpaired) electrons. The second-order valence-corrected chi connectivity index (χ2v) is 8.28. The van der Waals surface area contributed by atoms with E-state index in [0.717, 1.165) is 38.7 Å². The van der Waals surface area contributed by atoms with Crippen molar-refractivity contribution in [1.82, 2.24) is 20.4 Å². The minimum absolute atomic E-state index is 0.679. The van der Waals surface area contributed by atoms with Crippen LogP contribution in [0.4, 0.5) is 0 Å². The predicted molar refractivity (Wildman–Crippen MR) is 127 cm³/mol. The first-order valence-corrected chi connectivity index (χ1v) is 11.2. The van der Waals surface area contributed by atoms with E-state index < -0.39 is 0 Å². The minimum Gasteiger partial charge on any atom is -0.357 e. The third-order valence-corrected chi connectivity index (χ3v) is 5.59. The highest BCUT2D eigenvalue weighted by Crippen LogP contribution is 2.11. The molecule has 1 aliphatic rings. The van der Waals surface area contributed by atoms with Crippen molar-refractivity contribution in [3.8, 4) is 0 Å². The van der Waals surface area contributed by atoms with Gasteiger partial charge in [-0.15, -0.1) is 0 Å². The summed E-state index contributed by atoms with van der Waals surface area (Å²) >= 11 is 0. The van der Waals surface area contributed by atoms with Crippen molar-refractivity contribution in [3.63, 3.8) is 0 Å². The summed E-state index contributed by atoms with van der Waals surface area (Å²) in [5.74, 6) is 0.857. The molecule has 0 bridgehead atoms. The van der Waals surface area contributed by atoms with Gasteiger partial charge in [0.05, 0.1) is 6.54 Å². The lowest BCUT2D eigenvalue weighted by Crippen LogP contribution is -2.36. The fraction of sp³-hybridized carbons (Fsp3) is 0.480. The van der Waals surface area contributed by atoms with E-state index in [2.05, 4.69) is 89.9 Å². The van der Waals surface area contributed by atoms with Gasteiger partial charge in [-0.1, -0.05) is 54.1 Å². The Kier molecular flexibility index (Phi) is 8.72. The number of nitrogens with zero attached hydrogens (tertiary/aromatic N) is 3. The number of likely N-dealkylation sites (N-methyl/N-ethyl adjacent to an activating group) is 1. The van der Waals surface area contributed by atoms with E-state index in [-0.39, 0.29) is 0 Å². The molecule has 5 heteroatoms. The van der Waals surface area contributed by atoms with Crippen LogP contribution < -0.4 is 10.6 Å². The first kappa shape index (κ1) is 22.3. The molecule has 0 unspecified atom stereocenters. The lowest BCUT2D eigenvalue weighted by molar-refractivity contribution is 0.269. The molecule has 1 heterocycles. The Labute approximate surface area is 182 Å². The van der Waals surface area contributed by atoms with Gasteiger partial charge in [-0.2, -0.15) is 0 Å². The normalized spacial score (nSPS) is 16.3. The maximum Gasteiger partial charge on any atom is 0.191 e. The van der Waals surface area contributed by atoms with Crippen LogP contribution in [0.5, 0.6) is 0 Å². The maximum atomic E-state index is 4.76. The molecule has 1 aliphatic heterocycles. The molecule has 1 fully saturated rings. The van der Waals surface area contributed by atoms with Gasteiger partial charge in [0, 0.05) is 32.7 Å². The number of guanidine groups is 1. The summed E-state index contributed by atoms with van der Waals surface area (Å²) in [5, 5.41) is 6.77. The summed E-state index contributed by atoms with van der Waals surface area (Å²) in [6.45, 7) is 12.3. The van der Waals surface area contributed by atoms with Crippen LogP contribution in [-0.2, 0) is 19.6 Å². The Morgan fingerprint density at radius 1 is 0.867 bits per heavy atom. The van der Waals surface area contributed by atoms with Crippen molar-refractivity contribution in [3.05, 3.63) is 70.8 Å². The average molecular weight is 408 g/mol. The van der Waals surface area contributed by atoms with Gasteiger partial charge in [0.25, 0.3) is 0 Å². The molecule has 2 N–H and O–H groups in total. The van der Waals surface area contributed by atoms with E-state index in [4.69, 9.17) is 4.99 Å². The molecule has 0 spiro atoms.